The van der Waals surface area contributed by atoms with Gasteiger partial charge in [0.05, 0.1) is 24.5 Å². The van der Waals surface area contributed by atoms with Gasteiger partial charge in [-0.05, 0) is 23.8 Å². The molecule has 0 spiro atoms. The van der Waals surface area contributed by atoms with Gasteiger partial charge in [-0.2, -0.15) is 0 Å². The van der Waals surface area contributed by atoms with E-state index in [0.717, 1.165) is 5.56 Å². The number of furan rings is 1. The topological polar surface area (TPSA) is 59.8 Å². The molecule has 1 aromatic heterocycles. The molecule has 3 rings (SSSR count). The maximum atomic E-state index is 12.1. The van der Waals surface area contributed by atoms with Crippen LogP contribution in [0.5, 0.6) is 0 Å². The number of rotatable bonds is 4. The lowest BCUT2D eigenvalue weighted by Crippen LogP contribution is -2.26. The van der Waals surface area contributed by atoms with Crippen LogP contribution < -0.4 is 0 Å². The van der Waals surface area contributed by atoms with Crippen molar-refractivity contribution >= 4 is 23.5 Å². The predicted molar refractivity (Wildman–Crippen MR) is 84.1 cm³/mol. The molecule has 1 amide bonds. The fraction of sp³-hybridized carbons (Fsp3) is 0.294. The highest BCUT2D eigenvalue weighted by Crippen LogP contribution is 2.37. The van der Waals surface area contributed by atoms with Crippen molar-refractivity contribution in [3.05, 3.63) is 59.0 Å². The maximum Gasteiger partial charge on any atom is 0.341 e. The number of likely N-dealkylation sites (tertiary alicyclic amines) is 1. The monoisotopic (exact) mass is 333 g/mol. The van der Waals surface area contributed by atoms with E-state index >= 15 is 0 Å². The molecule has 1 saturated heterocycles. The minimum atomic E-state index is -0.453. The third-order valence-corrected chi connectivity index (χ3v) is 4.30. The molecular weight excluding hydrogens is 318 g/mol. The standard InChI is InChI=1S/C17H16ClNO4/c1-19-15(20)8-13(10-23-17(21)12-5-6-22-9-12)16(19)11-3-2-4-14(18)7-11/h2-7,9,13,16H,8,10H2,1H3/t13-,16+/m1/s1. The third-order valence-electron chi connectivity index (χ3n) is 4.07. The van der Waals surface area contributed by atoms with Crippen molar-refractivity contribution in [3.8, 4) is 0 Å². The number of hydrogen-bond acceptors (Lipinski definition) is 4. The van der Waals surface area contributed by atoms with Crippen LogP contribution in [0.2, 0.25) is 5.02 Å². The largest absolute Gasteiger partial charge is 0.472 e. The number of ether oxygens (including phenoxy) is 1. The van der Waals surface area contributed by atoms with E-state index in [1.807, 2.05) is 18.2 Å². The Kier molecular flexibility index (Phi) is 4.39. The minimum absolute atomic E-state index is 0.0272. The zero-order valence-corrected chi connectivity index (χ0v) is 13.3. The van der Waals surface area contributed by atoms with E-state index in [-0.39, 0.29) is 24.5 Å². The van der Waals surface area contributed by atoms with E-state index in [4.69, 9.17) is 20.8 Å². The lowest BCUT2D eigenvalue weighted by atomic mass is 9.94. The average Bonchev–Trinajstić information content (AvgIpc) is 3.14. The highest BCUT2D eigenvalue weighted by atomic mass is 35.5. The number of amides is 1. The zero-order valence-electron chi connectivity index (χ0n) is 12.6. The van der Waals surface area contributed by atoms with Crippen molar-refractivity contribution in [3.63, 3.8) is 0 Å². The zero-order chi connectivity index (χ0) is 16.4. The lowest BCUT2D eigenvalue weighted by Gasteiger charge is -2.25. The van der Waals surface area contributed by atoms with Crippen LogP contribution in [0.15, 0.2) is 47.3 Å². The van der Waals surface area contributed by atoms with E-state index in [2.05, 4.69) is 0 Å². The first-order valence-electron chi connectivity index (χ1n) is 7.26. The molecule has 5 nitrogen and oxygen atoms in total. The molecule has 0 N–H and O–H groups in total. The van der Waals surface area contributed by atoms with Gasteiger partial charge in [0.1, 0.15) is 6.26 Å². The summed E-state index contributed by atoms with van der Waals surface area (Å²) in [4.78, 5) is 25.7. The van der Waals surface area contributed by atoms with Gasteiger partial charge in [0.2, 0.25) is 5.91 Å². The van der Waals surface area contributed by atoms with Gasteiger partial charge in [0, 0.05) is 24.4 Å². The summed E-state index contributed by atoms with van der Waals surface area (Å²) in [6.07, 6.45) is 3.09. The van der Waals surface area contributed by atoms with Gasteiger partial charge in [-0.3, -0.25) is 4.79 Å². The summed E-state index contributed by atoms with van der Waals surface area (Å²) < 4.78 is 10.2. The molecular formula is C17H16ClNO4. The summed E-state index contributed by atoms with van der Waals surface area (Å²) in [6.45, 7) is 0.164. The molecule has 1 fully saturated rings. The molecule has 6 heteroatoms. The number of hydrogen-bond donors (Lipinski definition) is 0. The Morgan fingerprint density at radius 2 is 2.26 bits per heavy atom. The van der Waals surface area contributed by atoms with E-state index in [0.29, 0.717) is 17.0 Å². The average molecular weight is 334 g/mol. The molecule has 0 saturated carbocycles. The number of benzene rings is 1. The summed E-state index contributed by atoms with van der Waals surface area (Å²) in [5, 5.41) is 0.615. The van der Waals surface area contributed by atoms with Crippen LogP contribution in [0.4, 0.5) is 0 Å². The van der Waals surface area contributed by atoms with Gasteiger partial charge < -0.3 is 14.1 Å². The second-order valence-corrected chi connectivity index (χ2v) is 6.02. The van der Waals surface area contributed by atoms with E-state index < -0.39 is 5.97 Å². The van der Waals surface area contributed by atoms with E-state index in [9.17, 15) is 9.59 Å². The lowest BCUT2D eigenvalue weighted by molar-refractivity contribution is -0.127. The second-order valence-electron chi connectivity index (χ2n) is 5.58. The molecule has 2 heterocycles. The smallest absolute Gasteiger partial charge is 0.341 e. The van der Waals surface area contributed by atoms with Crippen molar-refractivity contribution < 1.29 is 18.7 Å². The molecule has 1 aromatic carbocycles. The number of esters is 1. The Morgan fingerprint density at radius 3 is 2.96 bits per heavy atom. The number of nitrogens with zero attached hydrogens (tertiary/aromatic N) is 1. The van der Waals surface area contributed by atoms with Crippen molar-refractivity contribution in [2.45, 2.75) is 12.5 Å². The highest BCUT2D eigenvalue weighted by Gasteiger charge is 2.39. The van der Waals surface area contributed by atoms with Gasteiger partial charge in [-0.1, -0.05) is 23.7 Å². The fourth-order valence-corrected chi connectivity index (χ4v) is 3.13. The van der Waals surface area contributed by atoms with Crippen molar-refractivity contribution in [2.75, 3.05) is 13.7 Å². The molecule has 1 aliphatic rings. The molecule has 23 heavy (non-hydrogen) atoms. The van der Waals surface area contributed by atoms with Gasteiger partial charge >= 0.3 is 5.97 Å². The fourth-order valence-electron chi connectivity index (χ4n) is 2.93. The summed E-state index contributed by atoms with van der Waals surface area (Å²) in [7, 11) is 1.76. The SMILES string of the molecule is CN1C(=O)C[C@H](COC(=O)c2ccoc2)[C@@H]1c1cccc(Cl)c1. The van der Waals surface area contributed by atoms with Gasteiger partial charge in [0.15, 0.2) is 0 Å². The van der Waals surface area contributed by atoms with E-state index in [1.165, 1.54) is 12.5 Å². The normalized spacial score (nSPS) is 20.8. The summed E-state index contributed by atoms with van der Waals surface area (Å²) in [5.41, 5.74) is 1.30. The number of carbonyl (C=O) groups excluding carboxylic acids is 2. The van der Waals surface area contributed by atoms with Crippen LogP contribution in [0.3, 0.4) is 0 Å². The van der Waals surface area contributed by atoms with Crippen molar-refractivity contribution in [2.24, 2.45) is 5.92 Å². The molecule has 0 unspecified atom stereocenters. The molecule has 2 atom stereocenters. The molecule has 0 bridgehead atoms. The Bertz CT molecular complexity index is 713. The molecule has 0 aliphatic carbocycles. The first kappa shape index (κ1) is 15.6. The Labute approximate surface area is 138 Å². The van der Waals surface area contributed by atoms with Crippen LogP contribution >= 0.6 is 11.6 Å². The quantitative estimate of drug-likeness (QED) is 0.805. The van der Waals surface area contributed by atoms with Gasteiger partial charge in [-0.25, -0.2) is 4.79 Å². The van der Waals surface area contributed by atoms with Gasteiger partial charge in [0.25, 0.3) is 0 Å². The van der Waals surface area contributed by atoms with Crippen LogP contribution in [-0.4, -0.2) is 30.4 Å². The Morgan fingerprint density at radius 1 is 1.43 bits per heavy atom. The maximum absolute atomic E-state index is 12.1. The second kappa shape index (κ2) is 6.46. The number of halogens is 1. The van der Waals surface area contributed by atoms with Crippen molar-refractivity contribution in [1.29, 1.82) is 0 Å². The van der Waals surface area contributed by atoms with Crippen molar-refractivity contribution in [1.82, 2.24) is 4.90 Å². The predicted octanol–water partition coefficient (Wildman–Crippen LogP) is 3.31. The third kappa shape index (κ3) is 3.24. The Balaban J connectivity index is 1.74. The van der Waals surface area contributed by atoms with Gasteiger partial charge in [-0.15, -0.1) is 0 Å². The highest BCUT2D eigenvalue weighted by molar-refractivity contribution is 6.30. The summed E-state index contributed by atoms with van der Waals surface area (Å²) in [5.74, 6) is -0.535. The summed E-state index contributed by atoms with van der Waals surface area (Å²) >= 11 is 6.05. The minimum Gasteiger partial charge on any atom is -0.472 e. The van der Waals surface area contributed by atoms with Crippen LogP contribution in [-0.2, 0) is 9.53 Å². The van der Waals surface area contributed by atoms with Crippen LogP contribution in [0.25, 0.3) is 0 Å². The number of carbonyl (C=O) groups is 2. The van der Waals surface area contributed by atoms with E-state index in [1.54, 1.807) is 24.1 Å². The molecule has 2 aromatic rings. The molecule has 0 radical (unpaired) electrons. The molecule has 1 aliphatic heterocycles. The first-order valence-corrected chi connectivity index (χ1v) is 7.64. The molecule has 120 valence electrons. The Hall–Kier alpha value is -2.27. The first-order chi connectivity index (χ1) is 11.1. The van der Waals surface area contributed by atoms with Crippen LogP contribution in [0, 0.1) is 5.92 Å². The summed E-state index contributed by atoms with van der Waals surface area (Å²) in [6, 6.07) is 8.79. The van der Waals surface area contributed by atoms with Crippen LogP contribution in [0.1, 0.15) is 28.4 Å².